The molecule has 1 saturated carbocycles. The van der Waals surface area contributed by atoms with Gasteiger partial charge in [0.1, 0.15) is 11.5 Å². The second-order valence-corrected chi connectivity index (χ2v) is 5.24. The molecule has 0 unspecified atom stereocenters. The maximum absolute atomic E-state index is 13.1. The molecule has 0 aliphatic heterocycles. The second kappa shape index (κ2) is 4.92. The second-order valence-electron chi connectivity index (χ2n) is 5.24. The van der Waals surface area contributed by atoms with Gasteiger partial charge in [-0.15, -0.1) is 0 Å². The highest BCUT2D eigenvalue weighted by atomic mass is 19.1. The van der Waals surface area contributed by atoms with E-state index in [0.717, 1.165) is 18.9 Å². The third kappa shape index (κ3) is 2.60. The minimum absolute atomic E-state index is 0.0654. The number of nitro groups is 1. The van der Waals surface area contributed by atoms with E-state index in [1.165, 1.54) is 12.1 Å². The molecule has 0 bridgehead atoms. The van der Waals surface area contributed by atoms with Gasteiger partial charge in [0.15, 0.2) is 0 Å². The summed E-state index contributed by atoms with van der Waals surface area (Å²) in [5.74, 6) is 0.837. The van der Waals surface area contributed by atoms with E-state index in [4.69, 9.17) is 0 Å². The van der Waals surface area contributed by atoms with Crippen LogP contribution >= 0.6 is 0 Å². The van der Waals surface area contributed by atoms with Gasteiger partial charge in [0.05, 0.1) is 4.92 Å². The van der Waals surface area contributed by atoms with Gasteiger partial charge in [0, 0.05) is 18.2 Å². The van der Waals surface area contributed by atoms with Crippen molar-refractivity contribution in [2.45, 2.75) is 32.7 Å². The monoisotopic (exact) mass is 252 g/mol. The molecule has 1 fully saturated rings. The molecule has 18 heavy (non-hydrogen) atoms. The molecule has 1 N–H and O–H groups in total. The first-order chi connectivity index (χ1) is 8.47. The van der Waals surface area contributed by atoms with Gasteiger partial charge in [0.25, 0.3) is 5.69 Å². The molecule has 0 atom stereocenters. The number of hydrogen-bond acceptors (Lipinski definition) is 3. The molecule has 98 valence electrons. The van der Waals surface area contributed by atoms with Crippen molar-refractivity contribution < 1.29 is 9.31 Å². The summed E-state index contributed by atoms with van der Waals surface area (Å²) < 4.78 is 13.1. The normalized spacial score (nSPS) is 22.7. The van der Waals surface area contributed by atoms with E-state index < -0.39 is 10.7 Å². The lowest BCUT2D eigenvalue weighted by Gasteiger charge is -2.38. The number of rotatable bonds is 4. The van der Waals surface area contributed by atoms with Crippen molar-refractivity contribution >= 4 is 11.4 Å². The molecule has 0 saturated heterocycles. The zero-order chi connectivity index (χ0) is 13.3. The maximum Gasteiger partial charge on any atom is 0.292 e. The summed E-state index contributed by atoms with van der Waals surface area (Å²) in [6.07, 6.45) is 1.98. The van der Waals surface area contributed by atoms with Crippen LogP contribution < -0.4 is 5.32 Å². The third-order valence-corrected chi connectivity index (χ3v) is 3.63. The van der Waals surface area contributed by atoms with Gasteiger partial charge in [-0.2, -0.15) is 0 Å². The number of hydrogen-bond donors (Lipinski definition) is 1. The number of nitrogens with one attached hydrogen (secondary N) is 1. The summed E-state index contributed by atoms with van der Waals surface area (Å²) in [7, 11) is 0. The summed E-state index contributed by atoms with van der Waals surface area (Å²) in [5.41, 5.74) is 0.219. The molecule has 4 nitrogen and oxygen atoms in total. The summed E-state index contributed by atoms with van der Waals surface area (Å²) in [6.45, 7) is 4.34. The lowest BCUT2D eigenvalue weighted by Crippen LogP contribution is -2.38. The summed E-state index contributed by atoms with van der Waals surface area (Å²) >= 11 is 0. The molecule has 2 rings (SSSR count). The molecule has 0 spiro atoms. The van der Waals surface area contributed by atoms with Crippen LogP contribution in [0.3, 0.4) is 0 Å². The van der Waals surface area contributed by atoms with Crippen molar-refractivity contribution in [2.24, 2.45) is 11.8 Å². The van der Waals surface area contributed by atoms with Crippen molar-refractivity contribution in [3.05, 3.63) is 34.1 Å². The van der Waals surface area contributed by atoms with Crippen molar-refractivity contribution in [1.82, 2.24) is 0 Å². The molecule has 0 amide bonds. The van der Waals surface area contributed by atoms with Crippen LogP contribution in [-0.4, -0.2) is 11.0 Å². The van der Waals surface area contributed by atoms with Crippen molar-refractivity contribution in [3.63, 3.8) is 0 Å². The van der Waals surface area contributed by atoms with E-state index >= 15 is 0 Å². The predicted molar refractivity (Wildman–Crippen MR) is 68.0 cm³/mol. The van der Waals surface area contributed by atoms with Crippen LogP contribution in [0.2, 0.25) is 0 Å². The Kier molecular flexibility index (Phi) is 3.50. The fourth-order valence-corrected chi connectivity index (χ4v) is 2.33. The summed E-state index contributed by atoms with van der Waals surface area (Å²) in [5, 5.41) is 13.9. The molecule has 1 aromatic rings. The van der Waals surface area contributed by atoms with E-state index in [9.17, 15) is 14.5 Å². The Morgan fingerprint density at radius 2 is 2.11 bits per heavy atom. The Balaban J connectivity index is 2.06. The van der Waals surface area contributed by atoms with Crippen LogP contribution in [0.25, 0.3) is 0 Å². The first-order valence-electron chi connectivity index (χ1n) is 6.18. The van der Waals surface area contributed by atoms with E-state index in [1.54, 1.807) is 0 Å². The highest BCUT2D eigenvalue weighted by molar-refractivity contribution is 5.62. The Hall–Kier alpha value is -1.65. The first-order valence-corrected chi connectivity index (χ1v) is 6.18. The van der Waals surface area contributed by atoms with E-state index in [0.29, 0.717) is 11.8 Å². The quantitative estimate of drug-likeness (QED) is 0.658. The van der Waals surface area contributed by atoms with Crippen molar-refractivity contribution in [2.75, 3.05) is 5.32 Å². The fourth-order valence-electron chi connectivity index (χ4n) is 2.33. The predicted octanol–water partition coefficient (Wildman–Crippen LogP) is 3.58. The topological polar surface area (TPSA) is 55.2 Å². The minimum atomic E-state index is -0.486. The van der Waals surface area contributed by atoms with Gasteiger partial charge < -0.3 is 5.32 Å². The first kappa shape index (κ1) is 12.8. The molecule has 0 aromatic heterocycles. The number of anilines is 1. The lowest BCUT2D eigenvalue weighted by molar-refractivity contribution is -0.384. The van der Waals surface area contributed by atoms with Gasteiger partial charge in [-0.25, -0.2) is 4.39 Å². The number of halogens is 1. The average Bonchev–Trinajstić information content (AvgIpc) is 2.21. The van der Waals surface area contributed by atoms with Gasteiger partial charge >= 0.3 is 0 Å². The number of nitrogens with zero attached hydrogens (tertiary/aromatic N) is 1. The van der Waals surface area contributed by atoms with Crippen LogP contribution in [0, 0.1) is 27.8 Å². The molecule has 5 heteroatoms. The van der Waals surface area contributed by atoms with Crippen LogP contribution in [0.5, 0.6) is 0 Å². The van der Waals surface area contributed by atoms with Gasteiger partial charge in [0.2, 0.25) is 0 Å². The third-order valence-electron chi connectivity index (χ3n) is 3.63. The Bertz CT molecular complexity index is 456. The van der Waals surface area contributed by atoms with Crippen LogP contribution in [0.1, 0.15) is 26.7 Å². The van der Waals surface area contributed by atoms with Crippen LogP contribution in [0.15, 0.2) is 18.2 Å². The number of benzene rings is 1. The van der Waals surface area contributed by atoms with Gasteiger partial charge in [-0.1, -0.05) is 13.8 Å². The van der Waals surface area contributed by atoms with Crippen LogP contribution in [0.4, 0.5) is 15.8 Å². The Morgan fingerprint density at radius 3 is 2.67 bits per heavy atom. The van der Waals surface area contributed by atoms with E-state index in [1.807, 2.05) is 0 Å². The van der Waals surface area contributed by atoms with Crippen LogP contribution in [-0.2, 0) is 0 Å². The molecule has 0 radical (unpaired) electrons. The fraction of sp³-hybridized carbons (Fsp3) is 0.538. The lowest BCUT2D eigenvalue weighted by atomic mass is 9.73. The SMILES string of the molecule is CC(C)C1CC(Nc2cc(F)ccc2[N+](=O)[O-])C1. The molecule has 1 aliphatic rings. The van der Waals surface area contributed by atoms with Gasteiger partial charge in [-0.05, 0) is 30.7 Å². The van der Waals surface area contributed by atoms with Gasteiger partial charge in [-0.3, -0.25) is 10.1 Å². The molecule has 1 aromatic carbocycles. The Labute approximate surface area is 105 Å². The Morgan fingerprint density at radius 1 is 1.44 bits per heavy atom. The molecular weight excluding hydrogens is 235 g/mol. The largest absolute Gasteiger partial charge is 0.377 e. The minimum Gasteiger partial charge on any atom is -0.377 e. The molecule has 1 aliphatic carbocycles. The highest BCUT2D eigenvalue weighted by Crippen LogP contribution is 2.37. The molecular formula is C13H17FN2O2. The average molecular weight is 252 g/mol. The zero-order valence-corrected chi connectivity index (χ0v) is 10.5. The zero-order valence-electron chi connectivity index (χ0n) is 10.5. The number of nitro benzene ring substituents is 1. The summed E-state index contributed by atoms with van der Waals surface area (Å²) in [6, 6.07) is 3.73. The maximum atomic E-state index is 13.1. The van der Waals surface area contributed by atoms with Crippen molar-refractivity contribution in [1.29, 1.82) is 0 Å². The van der Waals surface area contributed by atoms with E-state index in [-0.39, 0.29) is 17.4 Å². The smallest absolute Gasteiger partial charge is 0.292 e. The summed E-state index contributed by atoms with van der Waals surface area (Å²) in [4.78, 5) is 10.4. The standard InChI is InChI=1S/C13H17FN2O2/c1-8(2)9-5-11(6-9)15-12-7-10(14)3-4-13(12)16(17)18/h3-4,7-9,11,15H,5-6H2,1-2H3. The molecule has 0 heterocycles. The van der Waals surface area contributed by atoms with E-state index in [2.05, 4.69) is 19.2 Å². The highest BCUT2D eigenvalue weighted by Gasteiger charge is 2.32. The van der Waals surface area contributed by atoms with Crippen molar-refractivity contribution in [3.8, 4) is 0 Å².